The number of furan rings is 1. The Labute approximate surface area is 192 Å². The van der Waals surface area contributed by atoms with Crippen LogP contribution in [0.5, 0.6) is 0 Å². The minimum Gasteiger partial charge on any atom is -0.399 e. The van der Waals surface area contributed by atoms with Crippen LogP contribution >= 0.6 is 0 Å². The number of hydrogen-bond acceptors (Lipinski definition) is 13. The smallest absolute Gasteiger partial charge is 0.399 e. The number of carbonyl (C=O) groups is 1. The Morgan fingerprint density at radius 3 is 2.62 bits per heavy atom. The van der Waals surface area contributed by atoms with Gasteiger partial charge in [-0.25, -0.2) is 10.1 Å². The molecule has 4 rings (SSSR count). The normalized spacial score (nSPS) is 15.5. The third-order valence-electron chi connectivity index (χ3n) is 5.41. The fourth-order valence-electron chi connectivity index (χ4n) is 3.47. The van der Waals surface area contributed by atoms with E-state index in [0.717, 1.165) is 32.7 Å². The largest absolute Gasteiger partial charge is 0.433 e. The Morgan fingerprint density at radius 1 is 1.26 bits per heavy atom. The number of nitrogens with one attached hydrogen (secondary N) is 1. The first-order valence-corrected chi connectivity index (χ1v) is 10.4. The maximum atomic E-state index is 12.9. The maximum Gasteiger partial charge on any atom is 0.433 e. The SMILES string of the molecule is CCN1CCN(Cc2c(C(=O)N/N=C(\C)c3ccc([N+](=O)[O-])o3)nnn2-c2nonc2N)CC1. The molecule has 4 heterocycles. The van der Waals surface area contributed by atoms with Gasteiger partial charge < -0.3 is 15.1 Å². The highest BCUT2D eigenvalue weighted by Gasteiger charge is 2.27. The average molecular weight is 473 g/mol. The van der Waals surface area contributed by atoms with E-state index in [9.17, 15) is 14.9 Å². The first-order chi connectivity index (χ1) is 16.4. The molecular weight excluding hydrogens is 450 g/mol. The molecule has 180 valence electrons. The molecular formula is C18H23N11O5. The fourth-order valence-corrected chi connectivity index (χ4v) is 3.47. The van der Waals surface area contributed by atoms with Crippen LogP contribution < -0.4 is 11.2 Å². The summed E-state index contributed by atoms with van der Waals surface area (Å²) in [5, 5.41) is 30.1. The number of nitro groups is 1. The van der Waals surface area contributed by atoms with Crippen LogP contribution in [-0.2, 0) is 6.54 Å². The van der Waals surface area contributed by atoms with E-state index >= 15 is 0 Å². The summed E-state index contributed by atoms with van der Waals surface area (Å²) in [5.41, 5.74) is 8.90. The number of hydrogen-bond donors (Lipinski definition) is 2. The molecule has 3 N–H and O–H groups in total. The number of hydrazone groups is 1. The maximum absolute atomic E-state index is 12.9. The fraction of sp³-hybridized carbons (Fsp3) is 0.444. The molecule has 0 aliphatic carbocycles. The van der Waals surface area contributed by atoms with Crippen molar-refractivity contribution < 1.29 is 18.8 Å². The number of piperazine rings is 1. The minimum atomic E-state index is -0.662. The van der Waals surface area contributed by atoms with Crippen LogP contribution in [-0.4, -0.2) is 84.4 Å². The van der Waals surface area contributed by atoms with Crippen molar-refractivity contribution in [1.29, 1.82) is 0 Å². The number of nitrogen functional groups attached to an aromatic ring is 1. The molecule has 0 saturated carbocycles. The first-order valence-electron chi connectivity index (χ1n) is 10.4. The summed E-state index contributed by atoms with van der Waals surface area (Å²) in [6.45, 7) is 8.35. The minimum absolute atomic E-state index is 0.00203. The Balaban J connectivity index is 1.56. The van der Waals surface area contributed by atoms with Crippen molar-refractivity contribution in [2.75, 3.05) is 38.5 Å². The number of carbonyl (C=O) groups excluding carboxylic acids is 1. The van der Waals surface area contributed by atoms with Gasteiger partial charge in [-0.3, -0.25) is 19.8 Å². The molecule has 0 bridgehead atoms. The zero-order valence-corrected chi connectivity index (χ0v) is 18.5. The molecule has 1 amide bonds. The molecule has 0 radical (unpaired) electrons. The molecule has 16 heteroatoms. The number of rotatable bonds is 8. The third kappa shape index (κ3) is 4.76. The molecule has 0 unspecified atom stereocenters. The van der Waals surface area contributed by atoms with Gasteiger partial charge in [-0.15, -0.1) is 5.10 Å². The van der Waals surface area contributed by atoms with E-state index in [1.54, 1.807) is 0 Å². The number of aromatic nitrogens is 5. The molecule has 1 aliphatic rings. The molecule has 0 spiro atoms. The summed E-state index contributed by atoms with van der Waals surface area (Å²) in [4.78, 5) is 27.6. The highest BCUT2D eigenvalue weighted by molar-refractivity contribution is 5.99. The van der Waals surface area contributed by atoms with Crippen molar-refractivity contribution in [3.63, 3.8) is 0 Å². The lowest BCUT2D eigenvalue weighted by atomic mass is 10.2. The van der Waals surface area contributed by atoms with Crippen molar-refractivity contribution in [2.45, 2.75) is 20.4 Å². The summed E-state index contributed by atoms with van der Waals surface area (Å²) < 4.78 is 11.1. The van der Waals surface area contributed by atoms with Gasteiger partial charge in [0, 0.05) is 32.7 Å². The molecule has 1 saturated heterocycles. The molecule has 16 nitrogen and oxygen atoms in total. The van der Waals surface area contributed by atoms with Crippen molar-refractivity contribution in [3.05, 3.63) is 39.4 Å². The summed E-state index contributed by atoms with van der Waals surface area (Å²) in [6.07, 6.45) is 0. The van der Waals surface area contributed by atoms with Gasteiger partial charge in [-0.1, -0.05) is 12.1 Å². The van der Waals surface area contributed by atoms with E-state index in [-0.39, 0.29) is 28.8 Å². The van der Waals surface area contributed by atoms with E-state index in [0.29, 0.717) is 12.2 Å². The van der Waals surface area contributed by atoms with Gasteiger partial charge in [0.2, 0.25) is 11.6 Å². The van der Waals surface area contributed by atoms with Crippen LogP contribution in [0.25, 0.3) is 5.82 Å². The van der Waals surface area contributed by atoms with Crippen molar-refractivity contribution in [2.24, 2.45) is 5.10 Å². The molecule has 1 aliphatic heterocycles. The Morgan fingerprint density at radius 2 is 2.00 bits per heavy atom. The second-order valence-electron chi connectivity index (χ2n) is 7.51. The van der Waals surface area contributed by atoms with Gasteiger partial charge in [0.1, 0.15) is 10.6 Å². The predicted molar refractivity (Wildman–Crippen MR) is 116 cm³/mol. The lowest BCUT2D eigenvalue weighted by Gasteiger charge is -2.33. The highest BCUT2D eigenvalue weighted by atomic mass is 16.6. The van der Waals surface area contributed by atoms with Gasteiger partial charge in [-0.2, -0.15) is 9.78 Å². The standard InChI is InChI=1S/C18H23N11O5/c1-3-26-6-8-27(9-7-26)10-12-15(21-25-28(12)17-16(19)23-34-24-17)18(30)22-20-11(2)13-4-5-14(33-13)29(31)32/h4-5H,3,6-10H2,1-2H3,(H2,19,23)(H,22,30)/b20-11+. The monoisotopic (exact) mass is 473 g/mol. The summed E-state index contributed by atoms with van der Waals surface area (Å²) in [7, 11) is 0. The molecule has 34 heavy (non-hydrogen) atoms. The Kier molecular flexibility index (Phi) is 6.60. The molecule has 3 aromatic heterocycles. The zero-order chi connectivity index (χ0) is 24.2. The van der Waals surface area contributed by atoms with Crippen LogP contribution in [0.15, 0.2) is 26.3 Å². The second kappa shape index (κ2) is 9.75. The Bertz CT molecular complexity index is 1200. The lowest BCUT2D eigenvalue weighted by molar-refractivity contribution is -0.402. The van der Waals surface area contributed by atoms with Crippen LogP contribution in [0, 0.1) is 10.1 Å². The molecule has 3 aromatic rings. The van der Waals surface area contributed by atoms with E-state index < -0.39 is 16.7 Å². The van der Waals surface area contributed by atoms with E-state index in [4.69, 9.17) is 10.2 Å². The lowest BCUT2D eigenvalue weighted by Crippen LogP contribution is -2.46. The van der Waals surface area contributed by atoms with E-state index in [1.165, 1.54) is 23.7 Å². The predicted octanol–water partition coefficient (Wildman–Crippen LogP) is 0.0252. The van der Waals surface area contributed by atoms with Crippen LogP contribution in [0.3, 0.4) is 0 Å². The van der Waals surface area contributed by atoms with Crippen molar-refractivity contribution >= 4 is 23.3 Å². The van der Waals surface area contributed by atoms with Crippen LogP contribution in [0.2, 0.25) is 0 Å². The Hall–Kier alpha value is -4.18. The molecule has 0 atom stereocenters. The molecule has 1 fully saturated rings. The van der Waals surface area contributed by atoms with Gasteiger partial charge in [0.05, 0.1) is 11.8 Å². The summed E-state index contributed by atoms with van der Waals surface area (Å²) in [5.74, 6) is -0.795. The number of amides is 1. The van der Waals surface area contributed by atoms with Crippen molar-refractivity contribution in [1.82, 2.24) is 40.5 Å². The third-order valence-corrected chi connectivity index (χ3v) is 5.41. The zero-order valence-electron chi connectivity index (χ0n) is 18.5. The van der Waals surface area contributed by atoms with Gasteiger partial charge in [0.25, 0.3) is 5.91 Å². The van der Waals surface area contributed by atoms with Gasteiger partial charge in [0.15, 0.2) is 11.5 Å². The van der Waals surface area contributed by atoms with Crippen LogP contribution in [0.1, 0.15) is 35.8 Å². The van der Waals surface area contributed by atoms with Crippen molar-refractivity contribution in [3.8, 4) is 5.82 Å². The average Bonchev–Trinajstić information content (AvgIpc) is 3.57. The van der Waals surface area contributed by atoms with E-state index in [2.05, 4.69) is 52.5 Å². The summed E-state index contributed by atoms with van der Waals surface area (Å²) >= 11 is 0. The number of anilines is 1. The first kappa shape index (κ1) is 23.0. The van der Waals surface area contributed by atoms with Crippen LogP contribution in [0.4, 0.5) is 11.7 Å². The second-order valence-corrected chi connectivity index (χ2v) is 7.51. The molecule has 0 aromatic carbocycles. The quantitative estimate of drug-likeness (QED) is 0.253. The van der Waals surface area contributed by atoms with Gasteiger partial charge in [-0.05, 0) is 29.8 Å². The topological polar surface area (TPSA) is 200 Å². The number of nitrogens with zero attached hydrogens (tertiary/aromatic N) is 9. The van der Waals surface area contributed by atoms with E-state index in [1.807, 2.05) is 0 Å². The highest BCUT2D eigenvalue weighted by Crippen LogP contribution is 2.19. The summed E-state index contributed by atoms with van der Waals surface area (Å²) in [6, 6.07) is 2.59. The number of likely N-dealkylation sites (N-methyl/N-ethyl adjacent to an activating group) is 1. The van der Waals surface area contributed by atoms with Gasteiger partial charge >= 0.3 is 5.88 Å². The number of nitrogens with two attached hydrogens (primary N) is 1.